The van der Waals surface area contributed by atoms with Crippen molar-refractivity contribution in [1.29, 1.82) is 0 Å². The Labute approximate surface area is 176 Å². The smallest absolute Gasteiger partial charge is 0.340 e. The van der Waals surface area contributed by atoms with E-state index >= 15 is 0 Å². The normalized spacial score (nSPS) is 11.0. The second-order valence-corrected chi connectivity index (χ2v) is 7.39. The van der Waals surface area contributed by atoms with Gasteiger partial charge in [-0.15, -0.1) is 0 Å². The fourth-order valence-corrected chi connectivity index (χ4v) is 3.78. The number of esters is 2. The molecule has 30 heavy (non-hydrogen) atoms. The van der Waals surface area contributed by atoms with Gasteiger partial charge >= 0.3 is 11.9 Å². The summed E-state index contributed by atoms with van der Waals surface area (Å²) >= 11 is 1.15. The van der Waals surface area contributed by atoms with Crippen molar-refractivity contribution in [3.8, 4) is 0 Å². The molecular weight excluding hydrogens is 404 g/mol. The molecule has 0 N–H and O–H groups in total. The second kappa shape index (κ2) is 8.54. The van der Waals surface area contributed by atoms with Crippen molar-refractivity contribution >= 4 is 45.7 Å². The molecule has 152 valence electrons. The molecule has 0 saturated carbocycles. The standard InChI is InChI=1S/C22H18N2O5S/c1-13-14-7-3-4-8-15(14)23-17(20(13)21(26)27-2)11-28-19(25)12-30-22-24-16-9-5-6-10-18(16)29-22/h3-10H,11-12H2,1-2H3. The van der Waals surface area contributed by atoms with Crippen molar-refractivity contribution < 1.29 is 23.5 Å². The third kappa shape index (κ3) is 3.99. The molecule has 7 nitrogen and oxygen atoms in total. The summed E-state index contributed by atoms with van der Waals surface area (Å²) < 4.78 is 15.8. The maximum Gasteiger partial charge on any atom is 0.340 e. The Morgan fingerprint density at radius 1 is 1.03 bits per heavy atom. The number of nitrogens with zero attached hydrogens (tertiary/aromatic N) is 2. The van der Waals surface area contributed by atoms with Crippen molar-refractivity contribution in [2.75, 3.05) is 12.9 Å². The van der Waals surface area contributed by atoms with Crippen LogP contribution in [0.4, 0.5) is 0 Å². The molecule has 0 spiro atoms. The topological polar surface area (TPSA) is 91.5 Å². The van der Waals surface area contributed by atoms with E-state index in [4.69, 9.17) is 13.9 Å². The fraction of sp³-hybridized carbons (Fsp3) is 0.182. The average Bonchev–Trinajstić information content (AvgIpc) is 3.19. The zero-order chi connectivity index (χ0) is 21.1. The van der Waals surface area contributed by atoms with Crippen molar-refractivity contribution in [3.63, 3.8) is 0 Å². The van der Waals surface area contributed by atoms with Gasteiger partial charge in [-0.05, 0) is 30.7 Å². The average molecular weight is 422 g/mol. The van der Waals surface area contributed by atoms with Crippen LogP contribution in [0.2, 0.25) is 0 Å². The molecule has 0 fully saturated rings. The van der Waals surface area contributed by atoms with Gasteiger partial charge in [0, 0.05) is 5.39 Å². The number of pyridine rings is 1. The van der Waals surface area contributed by atoms with E-state index in [2.05, 4.69) is 9.97 Å². The van der Waals surface area contributed by atoms with E-state index < -0.39 is 11.9 Å². The number of fused-ring (bicyclic) bond motifs is 2. The summed E-state index contributed by atoms with van der Waals surface area (Å²) in [5.74, 6) is -0.962. The minimum absolute atomic E-state index is 0.0208. The zero-order valence-corrected chi connectivity index (χ0v) is 17.2. The van der Waals surface area contributed by atoms with E-state index in [1.807, 2.05) is 55.5 Å². The van der Waals surface area contributed by atoms with E-state index in [1.54, 1.807) is 0 Å². The molecule has 2 heterocycles. The largest absolute Gasteiger partial charge is 0.465 e. The number of oxazole rings is 1. The fourth-order valence-electron chi connectivity index (χ4n) is 3.14. The number of para-hydroxylation sites is 3. The summed E-state index contributed by atoms with van der Waals surface area (Å²) in [6, 6.07) is 14.8. The molecule has 2 aromatic carbocycles. The maximum atomic E-state index is 12.3. The third-order valence-electron chi connectivity index (χ3n) is 4.57. The zero-order valence-electron chi connectivity index (χ0n) is 16.4. The van der Waals surface area contributed by atoms with Crippen LogP contribution in [0, 0.1) is 6.92 Å². The molecule has 0 unspecified atom stereocenters. The first kappa shape index (κ1) is 19.9. The molecule has 4 aromatic rings. The number of rotatable bonds is 6. The van der Waals surface area contributed by atoms with Gasteiger partial charge in [0.25, 0.3) is 5.22 Å². The highest BCUT2D eigenvalue weighted by Crippen LogP contribution is 2.25. The molecule has 0 atom stereocenters. The van der Waals surface area contributed by atoms with Gasteiger partial charge in [0.1, 0.15) is 17.9 Å². The Balaban J connectivity index is 1.48. The van der Waals surface area contributed by atoms with E-state index in [1.165, 1.54) is 7.11 Å². The molecule has 2 aromatic heterocycles. The van der Waals surface area contributed by atoms with Crippen molar-refractivity contribution in [2.45, 2.75) is 18.8 Å². The van der Waals surface area contributed by atoms with Gasteiger partial charge in [-0.3, -0.25) is 4.79 Å². The van der Waals surface area contributed by atoms with Gasteiger partial charge in [0.15, 0.2) is 5.58 Å². The number of carbonyl (C=O) groups excluding carboxylic acids is 2. The first-order valence-electron chi connectivity index (χ1n) is 9.17. The predicted octanol–water partition coefficient (Wildman–Crippen LogP) is 4.31. The van der Waals surface area contributed by atoms with Gasteiger partial charge in [0.2, 0.25) is 0 Å². The Morgan fingerprint density at radius 3 is 2.53 bits per heavy atom. The van der Waals surface area contributed by atoms with Crippen molar-refractivity contribution in [1.82, 2.24) is 9.97 Å². The Kier molecular flexibility index (Phi) is 5.67. The first-order valence-corrected chi connectivity index (χ1v) is 10.2. The van der Waals surface area contributed by atoms with Crippen LogP contribution in [0.5, 0.6) is 0 Å². The molecule has 0 bridgehead atoms. The van der Waals surface area contributed by atoms with Crippen LogP contribution in [0.3, 0.4) is 0 Å². The lowest BCUT2D eigenvalue weighted by Gasteiger charge is -2.13. The lowest BCUT2D eigenvalue weighted by molar-refractivity contribution is -0.141. The SMILES string of the molecule is COC(=O)c1c(COC(=O)CSc2nc3ccccc3o2)nc2ccccc2c1C. The van der Waals surface area contributed by atoms with Crippen LogP contribution in [-0.4, -0.2) is 34.8 Å². The van der Waals surface area contributed by atoms with Crippen LogP contribution in [0.25, 0.3) is 22.0 Å². The van der Waals surface area contributed by atoms with Crippen molar-refractivity contribution in [3.05, 3.63) is 65.4 Å². The molecule has 0 amide bonds. The van der Waals surface area contributed by atoms with Crippen LogP contribution in [0.15, 0.2) is 58.2 Å². The molecular formula is C22H18N2O5S. The van der Waals surface area contributed by atoms with Crippen LogP contribution in [-0.2, 0) is 20.9 Å². The Morgan fingerprint density at radius 2 is 1.77 bits per heavy atom. The van der Waals surface area contributed by atoms with Crippen LogP contribution < -0.4 is 0 Å². The number of thioether (sulfide) groups is 1. The highest BCUT2D eigenvalue weighted by Gasteiger charge is 2.20. The number of aryl methyl sites for hydroxylation is 1. The highest BCUT2D eigenvalue weighted by molar-refractivity contribution is 7.99. The number of carbonyl (C=O) groups is 2. The molecule has 0 saturated heterocycles. The summed E-state index contributed by atoms with van der Waals surface area (Å²) in [6.07, 6.45) is 0. The number of benzene rings is 2. The van der Waals surface area contributed by atoms with Gasteiger partial charge in [-0.25, -0.2) is 14.8 Å². The first-order chi connectivity index (χ1) is 14.6. The van der Waals surface area contributed by atoms with Gasteiger partial charge in [0.05, 0.1) is 23.9 Å². The summed E-state index contributed by atoms with van der Waals surface area (Å²) in [4.78, 5) is 33.4. The van der Waals surface area contributed by atoms with Crippen LogP contribution in [0.1, 0.15) is 21.6 Å². The maximum absolute atomic E-state index is 12.3. The molecule has 0 aliphatic carbocycles. The van der Waals surface area contributed by atoms with E-state index in [9.17, 15) is 9.59 Å². The minimum atomic E-state index is -0.516. The second-order valence-electron chi connectivity index (χ2n) is 6.46. The molecule has 0 aliphatic rings. The molecule has 0 aliphatic heterocycles. The highest BCUT2D eigenvalue weighted by atomic mass is 32.2. The molecule has 0 radical (unpaired) electrons. The number of hydrogen-bond acceptors (Lipinski definition) is 8. The summed E-state index contributed by atoms with van der Waals surface area (Å²) in [5.41, 5.74) is 3.52. The summed E-state index contributed by atoms with van der Waals surface area (Å²) in [5, 5.41) is 1.24. The number of methoxy groups -OCH3 is 1. The minimum Gasteiger partial charge on any atom is -0.465 e. The van der Waals surface area contributed by atoms with E-state index in [-0.39, 0.29) is 12.4 Å². The summed E-state index contributed by atoms with van der Waals surface area (Å²) in [7, 11) is 1.31. The monoisotopic (exact) mass is 422 g/mol. The number of ether oxygens (including phenoxy) is 2. The van der Waals surface area contributed by atoms with E-state index in [0.29, 0.717) is 22.1 Å². The molecule has 4 rings (SSSR count). The number of hydrogen-bond donors (Lipinski definition) is 0. The van der Waals surface area contributed by atoms with Crippen LogP contribution >= 0.6 is 11.8 Å². The van der Waals surface area contributed by atoms with Crippen molar-refractivity contribution in [2.24, 2.45) is 0 Å². The Bertz CT molecular complexity index is 1220. The number of aromatic nitrogens is 2. The van der Waals surface area contributed by atoms with Gasteiger partial charge in [-0.1, -0.05) is 42.1 Å². The third-order valence-corrected chi connectivity index (χ3v) is 5.38. The summed E-state index contributed by atoms with van der Waals surface area (Å²) in [6.45, 7) is 1.69. The lowest BCUT2D eigenvalue weighted by Crippen LogP contribution is -2.14. The van der Waals surface area contributed by atoms with Gasteiger partial charge in [-0.2, -0.15) is 0 Å². The van der Waals surface area contributed by atoms with Gasteiger partial charge < -0.3 is 13.9 Å². The lowest BCUT2D eigenvalue weighted by atomic mass is 10.0. The predicted molar refractivity (Wildman–Crippen MR) is 112 cm³/mol. The van der Waals surface area contributed by atoms with E-state index in [0.717, 1.165) is 33.7 Å². The molecule has 8 heteroatoms. The Hall–Kier alpha value is -3.39. The quantitative estimate of drug-likeness (QED) is 0.335.